The highest BCUT2D eigenvalue weighted by Gasteiger charge is 2.14. The molecule has 106 valence electrons. The van der Waals surface area contributed by atoms with E-state index in [9.17, 15) is 0 Å². The minimum atomic E-state index is 0.530. The molecule has 2 aromatic carbocycles. The van der Waals surface area contributed by atoms with E-state index in [0.717, 1.165) is 5.56 Å². The van der Waals surface area contributed by atoms with E-state index >= 15 is 0 Å². The Morgan fingerprint density at radius 1 is 1.00 bits per heavy atom. The van der Waals surface area contributed by atoms with Crippen molar-refractivity contribution in [3.05, 3.63) is 47.0 Å². The Hall–Kier alpha value is -1.39. The molecule has 0 N–H and O–H groups in total. The van der Waals surface area contributed by atoms with Crippen LogP contribution >= 0.6 is 27.5 Å². The van der Waals surface area contributed by atoms with Gasteiger partial charge in [-0.25, -0.2) is 0 Å². The van der Waals surface area contributed by atoms with Crippen LogP contribution in [-0.2, 0) is 5.33 Å². The number of methoxy groups -OCH3 is 2. The van der Waals surface area contributed by atoms with E-state index in [2.05, 4.69) is 15.9 Å². The average molecular weight is 358 g/mol. The van der Waals surface area contributed by atoms with Crippen LogP contribution in [0.4, 0.5) is 0 Å². The molecule has 0 saturated heterocycles. The zero-order chi connectivity index (χ0) is 14.5. The van der Waals surface area contributed by atoms with Crippen LogP contribution in [0.3, 0.4) is 0 Å². The van der Waals surface area contributed by atoms with Crippen LogP contribution in [0.1, 0.15) is 5.56 Å². The van der Waals surface area contributed by atoms with Gasteiger partial charge in [0.05, 0.1) is 14.2 Å². The molecule has 0 unspecified atom stereocenters. The van der Waals surface area contributed by atoms with Crippen molar-refractivity contribution in [2.24, 2.45) is 0 Å². The third kappa shape index (κ3) is 3.19. The highest BCUT2D eigenvalue weighted by Crippen LogP contribution is 2.41. The summed E-state index contributed by atoms with van der Waals surface area (Å²) < 4.78 is 16.6. The molecule has 0 bridgehead atoms. The summed E-state index contributed by atoms with van der Waals surface area (Å²) in [5.74, 6) is 2.40. The number of para-hydroxylation sites is 1. The van der Waals surface area contributed by atoms with Crippen LogP contribution in [0.25, 0.3) is 0 Å². The molecule has 0 fully saturated rings. The van der Waals surface area contributed by atoms with Crippen LogP contribution in [0.5, 0.6) is 23.0 Å². The molecular formula is C15H14BrClO3. The average Bonchev–Trinajstić information content (AvgIpc) is 2.47. The normalized spacial score (nSPS) is 10.2. The van der Waals surface area contributed by atoms with Crippen molar-refractivity contribution >= 4 is 27.5 Å². The zero-order valence-corrected chi connectivity index (χ0v) is 13.5. The van der Waals surface area contributed by atoms with E-state index in [-0.39, 0.29) is 0 Å². The number of alkyl halides is 1. The fraction of sp³-hybridized carbons (Fsp3) is 0.200. The summed E-state index contributed by atoms with van der Waals surface area (Å²) in [5, 5.41) is 1.27. The SMILES string of the molecule is COc1cccc(OC)c1Oc1cc(Cl)ccc1CBr. The molecule has 0 heterocycles. The van der Waals surface area contributed by atoms with Gasteiger partial charge in [0, 0.05) is 15.9 Å². The monoisotopic (exact) mass is 356 g/mol. The maximum absolute atomic E-state index is 6.03. The van der Waals surface area contributed by atoms with E-state index in [1.165, 1.54) is 0 Å². The van der Waals surface area contributed by atoms with Gasteiger partial charge in [0.2, 0.25) is 5.75 Å². The number of hydrogen-bond acceptors (Lipinski definition) is 3. The molecule has 0 atom stereocenters. The van der Waals surface area contributed by atoms with Crippen molar-refractivity contribution < 1.29 is 14.2 Å². The van der Waals surface area contributed by atoms with E-state index in [1.54, 1.807) is 20.3 Å². The molecule has 3 nitrogen and oxygen atoms in total. The van der Waals surface area contributed by atoms with Crippen molar-refractivity contribution in [3.63, 3.8) is 0 Å². The van der Waals surface area contributed by atoms with E-state index in [0.29, 0.717) is 33.4 Å². The molecule has 0 aliphatic carbocycles. The standard InChI is InChI=1S/C15H14BrClO3/c1-18-12-4-3-5-13(19-2)15(12)20-14-8-11(17)7-6-10(14)9-16/h3-8H,9H2,1-2H3. The smallest absolute Gasteiger partial charge is 0.211 e. The number of halogens is 2. The minimum absolute atomic E-state index is 0.530. The Morgan fingerprint density at radius 2 is 1.65 bits per heavy atom. The first-order valence-corrected chi connectivity index (χ1v) is 7.42. The van der Waals surface area contributed by atoms with Crippen LogP contribution in [0.15, 0.2) is 36.4 Å². The summed E-state index contributed by atoms with van der Waals surface area (Å²) >= 11 is 9.46. The third-order valence-electron chi connectivity index (χ3n) is 2.77. The maximum Gasteiger partial charge on any atom is 0.211 e. The Bertz CT molecular complexity index is 579. The predicted octanol–water partition coefficient (Wildman–Crippen LogP) is 5.04. The lowest BCUT2D eigenvalue weighted by atomic mass is 10.2. The Morgan fingerprint density at radius 3 is 2.20 bits per heavy atom. The van der Waals surface area contributed by atoms with E-state index in [1.807, 2.05) is 30.3 Å². The molecule has 0 spiro atoms. The molecule has 0 aliphatic heterocycles. The van der Waals surface area contributed by atoms with Crippen LogP contribution in [-0.4, -0.2) is 14.2 Å². The predicted molar refractivity (Wildman–Crippen MR) is 83.7 cm³/mol. The molecule has 0 aromatic heterocycles. The Labute approximate surface area is 131 Å². The first-order chi connectivity index (χ1) is 9.69. The van der Waals surface area contributed by atoms with Crippen molar-refractivity contribution in [3.8, 4) is 23.0 Å². The van der Waals surface area contributed by atoms with Gasteiger partial charge in [-0.1, -0.05) is 39.7 Å². The summed E-state index contributed by atoms with van der Waals surface area (Å²) in [4.78, 5) is 0. The first kappa shape index (κ1) is 15.0. The molecule has 0 amide bonds. The fourth-order valence-corrected chi connectivity index (χ4v) is 2.39. The Kier molecular flexibility index (Phi) is 5.15. The summed E-state index contributed by atoms with van der Waals surface area (Å²) in [6, 6.07) is 11.0. The largest absolute Gasteiger partial charge is 0.493 e. The molecule has 0 radical (unpaired) electrons. The highest BCUT2D eigenvalue weighted by molar-refractivity contribution is 9.08. The fourth-order valence-electron chi connectivity index (χ4n) is 1.76. The van der Waals surface area contributed by atoms with Gasteiger partial charge in [0.15, 0.2) is 11.5 Å². The molecule has 0 saturated carbocycles. The van der Waals surface area contributed by atoms with Crippen molar-refractivity contribution in [1.82, 2.24) is 0 Å². The van der Waals surface area contributed by atoms with Gasteiger partial charge in [-0.3, -0.25) is 0 Å². The first-order valence-electron chi connectivity index (χ1n) is 5.92. The van der Waals surface area contributed by atoms with Crippen LogP contribution in [0, 0.1) is 0 Å². The summed E-state index contributed by atoms with van der Waals surface area (Å²) in [6.07, 6.45) is 0. The van der Waals surface area contributed by atoms with Gasteiger partial charge >= 0.3 is 0 Å². The van der Waals surface area contributed by atoms with Crippen molar-refractivity contribution in [1.29, 1.82) is 0 Å². The van der Waals surface area contributed by atoms with Gasteiger partial charge in [-0.15, -0.1) is 0 Å². The molecule has 20 heavy (non-hydrogen) atoms. The lowest BCUT2D eigenvalue weighted by Gasteiger charge is -2.15. The lowest BCUT2D eigenvalue weighted by Crippen LogP contribution is -1.96. The number of benzene rings is 2. The van der Waals surface area contributed by atoms with Gasteiger partial charge < -0.3 is 14.2 Å². The maximum atomic E-state index is 6.03. The second kappa shape index (κ2) is 6.86. The molecule has 2 aromatic rings. The van der Waals surface area contributed by atoms with E-state index < -0.39 is 0 Å². The summed E-state index contributed by atoms with van der Waals surface area (Å²) in [5.41, 5.74) is 0.988. The van der Waals surface area contributed by atoms with Crippen LogP contribution < -0.4 is 14.2 Å². The van der Waals surface area contributed by atoms with Gasteiger partial charge in [-0.05, 0) is 24.3 Å². The summed E-state index contributed by atoms with van der Waals surface area (Å²) in [6.45, 7) is 0. The minimum Gasteiger partial charge on any atom is -0.493 e. The molecular weight excluding hydrogens is 344 g/mol. The van der Waals surface area contributed by atoms with Gasteiger partial charge in [0.25, 0.3) is 0 Å². The van der Waals surface area contributed by atoms with Gasteiger partial charge in [-0.2, -0.15) is 0 Å². The van der Waals surface area contributed by atoms with Crippen molar-refractivity contribution in [2.75, 3.05) is 14.2 Å². The second-order valence-corrected chi connectivity index (χ2v) is 4.98. The van der Waals surface area contributed by atoms with E-state index in [4.69, 9.17) is 25.8 Å². The summed E-state index contributed by atoms with van der Waals surface area (Å²) in [7, 11) is 3.18. The van der Waals surface area contributed by atoms with Crippen LogP contribution in [0.2, 0.25) is 5.02 Å². The second-order valence-electron chi connectivity index (χ2n) is 3.98. The van der Waals surface area contributed by atoms with Crippen molar-refractivity contribution in [2.45, 2.75) is 5.33 Å². The topological polar surface area (TPSA) is 27.7 Å². The molecule has 5 heteroatoms. The quantitative estimate of drug-likeness (QED) is 0.701. The zero-order valence-electron chi connectivity index (χ0n) is 11.2. The third-order valence-corrected chi connectivity index (χ3v) is 3.61. The number of hydrogen-bond donors (Lipinski definition) is 0. The highest BCUT2D eigenvalue weighted by atomic mass is 79.9. The number of rotatable bonds is 5. The lowest BCUT2D eigenvalue weighted by molar-refractivity contribution is 0.345. The van der Waals surface area contributed by atoms with Gasteiger partial charge in [0.1, 0.15) is 5.75 Å². The number of ether oxygens (including phenoxy) is 3. The molecule has 0 aliphatic rings. The Balaban J connectivity index is 2.46. The molecule has 2 rings (SSSR count).